The molecule has 0 radical (unpaired) electrons. The van der Waals surface area contributed by atoms with E-state index in [2.05, 4.69) is 4.99 Å². The zero-order valence-corrected chi connectivity index (χ0v) is 19.0. The van der Waals surface area contributed by atoms with Crippen LogP contribution < -0.4 is 9.47 Å². The Morgan fingerprint density at radius 1 is 0.879 bits per heavy atom. The van der Waals surface area contributed by atoms with Crippen molar-refractivity contribution >= 4 is 23.8 Å². The molecule has 0 amide bonds. The highest BCUT2D eigenvalue weighted by Crippen LogP contribution is 2.28. The van der Waals surface area contributed by atoms with E-state index in [9.17, 15) is 9.59 Å². The molecule has 0 bridgehead atoms. The first kappa shape index (κ1) is 23.7. The van der Waals surface area contributed by atoms with E-state index >= 15 is 0 Å². The van der Waals surface area contributed by atoms with E-state index in [1.807, 2.05) is 26.0 Å². The molecule has 170 valence electrons. The summed E-state index contributed by atoms with van der Waals surface area (Å²) in [4.78, 5) is 28.8. The molecule has 6 heteroatoms. The Kier molecular flexibility index (Phi) is 8.36. The SMILES string of the molecule is CCCCOC(=O)c1ccc(N=Cc2ccc(OC(=O)c3ccc(C)cc3)c(OC)c2)cc1. The Morgan fingerprint density at radius 2 is 1.55 bits per heavy atom. The molecule has 0 heterocycles. The lowest BCUT2D eigenvalue weighted by atomic mass is 10.1. The van der Waals surface area contributed by atoms with Gasteiger partial charge in [0.25, 0.3) is 0 Å². The number of ether oxygens (including phenoxy) is 3. The second kappa shape index (κ2) is 11.6. The van der Waals surface area contributed by atoms with Gasteiger partial charge in [-0.3, -0.25) is 4.99 Å². The van der Waals surface area contributed by atoms with Crippen LogP contribution >= 0.6 is 0 Å². The highest BCUT2D eigenvalue weighted by molar-refractivity contribution is 5.92. The van der Waals surface area contributed by atoms with E-state index in [0.29, 0.717) is 34.9 Å². The van der Waals surface area contributed by atoms with Crippen molar-refractivity contribution in [2.24, 2.45) is 4.99 Å². The third-order valence-electron chi connectivity index (χ3n) is 4.87. The van der Waals surface area contributed by atoms with Crippen molar-refractivity contribution in [3.8, 4) is 11.5 Å². The van der Waals surface area contributed by atoms with Gasteiger partial charge in [0.05, 0.1) is 30.5 Å². The first-order valence-corrected chi connectivity index (χ1v) is 10.8. The van der Waals surface area contributed by atoms with Crippen molar-refractivity contribution < 1.29 is 23.8 Å². The van der Waals surface area contributed by atoms with Crippen LogP contribution in [-0.4, -0.2) is 31.9 Å². The normalized spacial score (nSPS) is 10.8. The minimum absolute atomic E-state index is 0.325. The monoisotopic (exact) mass is 445 g/mol. The van der Waals surface area contributed by atoms with Crippen LogP contribution in [0.15, 0.2) is 71.7 Å². The molecule has 0 aromatic heterocycles. The second-order valence-electron chi connectivity index (χ2n) is 7.46. The molecule has 0 spiro atoms. The van der Waals surface area contributed by atoms with E-state index in [1.165, 1.54) is 7.11 Å². The van der Waals surface area contributed by atoms with Crippen LogP contribution in [0.1, 0.15) is 51.6 Å². The summed E-state index contributed by atoms with van der Waals surface area (Å²) in [6.45, 7) is 4.42. The molecule has 6 nitrogen and oxygen atoms in total. The quantitative estimate of drug-likeness (QED) is 0.177. The van der Waals surface area contributed by atoms with Crippen molar-refractivity contribution in [1.29, 1.82) is 0 Å². The highest BCUT2D eigenvalue weighted by Gasteiger charge is 2.13. The smallest absolute Gasteiger partial charge is 0.343 e. The molecule has 3 aromatic carbocycles. The van der Waals surface area contributed by atoms with E-state index in [-0.39, 0.29) is 5.97 Å². The maximum Gasteiger partial charge on any atom is 0.343 e. The second-order valence-corrected chi connectivity index (χ2v) is 7.46. The molecule has 3 aromatic rings. The minimum atomic E-state index is -0.456. The molecule has 33 heavy (non-hydrogen) atoms. The van der Waals surface area contributed by atoms with Gasteiger partial charge >= 0.3 is 11.9 Å². The Bertz CT molecular complexity index is 1120. The van der Waals surface area contributed by atoms with Gasteiger partial charge in [-0.1, -0.05) is 31.0 Å². The lowest BCUT2D eigenvalue weighted by Crippen LogP contribution is -2.09. The zero-order chi connectivity index (χ0) is 23.6. The third-order valence-corrected chi connectivity index (χ3v) is 4.87. The number of carbonyl (C=O) groups is 2. The Labute approximate surface area is 193 Å². The Morgan fingerprint density at radius 3 is 2.21 bits per heavy atom. The lowest BCUT2D eigenvalue weighted by Gasteiger charge is -2.10. The maximum absolute atomic E-state index is 12.4. The number of aryl methyl sites for hydroxylation is 1. The van der Waals surface area contributed by atoms with Crippen molar-refractivity contribution in [2.75, 3.05) is 13.7 Å². The number of nitrogens with zero attached hydrogens (tertiary/aromatic N) is 1. The summed E-state index contributed by atoms with van der Waals surface area (Å²) in [6.07, 6.45) is 3.49. The van der Waals surface area contributed by atoms with Gasteiger partial charge in [-0.15, -0.1) is 0 Å². The fraction of sp³-hybridized carbons (Fsp3) is 0.222. The first-order valence-electron chi connectivity index (χ1n) is 10.8. The third kappa shape index (κ3) is 6.77. The van der Waals surface area contributed by atoms with Crippen molar-refractivity contribution in [3.63, 3.8) is 0 Å². The van der Waals surface area contributed by atoms with E-state index < -0.39 is 5.97 Å². The van der Waals surface area contributed by atoms with Crippen LogP contribution in [0.4, 0.5) is 5.69 Å². The number of unbranched alkanes of at least 4 members (excludes halogenated alkanes) is 1. The molecule has 0 unspecified atom stereocenters. The van der Waals surface area contributed by atoms with E-state index in [0.717, 1.165) is 24.0 Å². The van der Waals surface area contributed by atoms with Crippen LogP contribution in [0.3, 0.4) is 0 Å². The first-order chi connectivity index (χ1) is 16.0. The number of carbonyl (C=O) groups excluding carboxylic acids is 2. The Balaban J connectivity index is 1.66. The maximum atomic E-state index is 12.4. The van der Waals surface area contributed by atoms with Gasteiger partial charge in [0.15, 0.2) is 11.5 Å². The molecular weight excluding hydrogens is 418 g/mol. The fourth-order valence-corrected chi connectivity index (χ4v) is 2.92. The van der Waals surface area contributed by atoms with Crippen molar-refractivity contribution in [2.45, 2.75) is 26.7 Å². The number of methoxy groups -OCH3 is 1. The molecular formula is C27H27NO5. The standard InChI is InChI=1S/C27H27NO5/c1-4-5-16-32-26(29)21-11-13-23(14-12-21)28-18-20-8-15-24(25(17-20)31-3)33-27(30)22-9-6-19(2)7-10-22/h6-15,17-18H,4-5,16H2,1-3H3. The van der Waals surface area contributed by atoms with Crippen LogP contribution in [0.5, 0.6) is 11.5 Å². The molecule has 0 aliphatic carbocycles. The average molecular weight is 446 g/mol. The Hall–Kier alpha value is -3.93. The summed E-state index contributed by atoms with van der Waals surface area (Å²) in [6, 6.07) is 19.2. The van der Waals surface area contributed by atoms with Gasteiger partial charge in [-0.25, -0.2) is 9.59 Å². The van der Waals surface area contributed by atoms with Crippen LogP contribution in [-0.2, 0) is 4.74 Å². The van der Waals surface area contributed by atoms with Crippen LogP contribution in [0.2, 0.25) is 0 Å². The number of benzene rings is 3. The van der Waals surface area contributed by atoms with Crippen molar-refractivity contribution in [1.82, 2.24) is 0 Å². The van der Waals surface area contributed by atoms with Crippen LogP contribution in [0.25, 0.3) is 0 Å². The number of rotatable bonds is 9. The zero-order valence-electron chi connectivity index (χ0n) is 19.0. The van der Waals surface area contributed by atoms with Gasteiger partial charge in [-0.05, 0) is 73.5 Å². The van der Waals surface area contributed by atoms with Gasteiger partial charge < -0.3 is 14.2 Å². The van der Waals surface area contributed by atoms with Gasteiger partial charge in [-0.2, -0.15) is 0 Å². The fourth-order valence-electron chi connectivity index (χ4n) is 2.92. The molecule has 0 fully saturated rings. The summed E-state index contributed by atoms with van der Waals surface area (Å²) >= 11 is 0. The predicted octanol–water partition coefficient (Wildman–Crippen LogP) is 5.93. The average Bonchev–Trinajstić information content (AvgIpc) is 2.84. The van der Waals surface area contributed by atoms with Crippen molar-refractivity contribution in [3.05, 3.63) is 89.0 Å². The lowest BCUT2D eigenvalue weighted by molar-refractivity contribution is 0.0499. The van der Waals surface area contributed by atoms with Gasteiger partial charge in [0, 0.05) is 6.21 Å². The predicted molar refractivity (Wildman–Crippen MR) is 128 cm³/mol. The van der Waals surface area contributed by atoms with Gasteiger partial charge in [0.2, 0.25) is 0 Å². The summed E-state index contributed by atoms with van der Waals surface area (Å²) in [5, 5.41) is 0. The summed E-state index contributed by atoms with van der Waals surface area (Å²) in [5.74, 6) is -0.0433. The number of hydrogen-bond donors (Lipinski definition) is 0. The number of esters is 2. The highest BCUT2D eigenvalue weighted by atomic mass is 16.6. The summed E-state index contributed by atoms with van der Waals surface area (Å²) < 4.78 is 16.1. The summed E-state index contributed by atoms with van der Waals surface area (Å²) in [7, 11) is 1.51. The molecule has 0 saturated carbocycles. The molecule has 0 N–H and O–H groups in total. The molecule has 3 rings (SSSR count). The molecule has 0 saturated heterocycles. The summed E-state index contributed by atoms with van der Waals surface area (Å²) in [5.41, 5.74) is 3.48. The van der Waals surface area contributed by atoms with E-state index in [1.54, 1.807) is 60.8 Å². The largest absolute Gasteiger partial charge is 0.493 e. The van der Waals surface area contributed by atoms with E-state index in [4.69, 9.17) is 14.2 Å². The molecule has 0 atom stereocenters. The molecule has 0 aliphatic heterocycles. The minimum Gasteiger partial charge on any atom is -0.493 e. The number of hydrogen-bond acceptors (Lipinski definition) is 6. The topological polar surface area (TPSA) is 74.2 Å². The molecule has 0 aliphatic rings. The van der Waals surface area contributed by atoms with Crippen LogP contribution in [0, 0.1) is 6.92 Å². The number of aliphatic imine (C=N–C) groups is 1. The van der Waals surface area contributed by atoms with Gasteiger partial charge in [0.1, 0.15) is 0 Å².